The quantitative estimate of drug-likeness (QED) is 0.817. The van der Waals surface area contributed by atoms with Gasteiger partial charge in [-0.1, -0.05) is 51.1 Å². The van der Waals surface area contributed by atoms with Crippen LogP contribution in [0.2, 0.25) is 0 Å². The molecule has 0 aromatic heterocycles. The zero-order valence-electron chi connectivity index (χ0n) is 15.8. The van der Waals surface area contributed by atoms with Crippen molar-refractivity contribution in [1.82, 2.24) is 0 Å². The van der Waals surface area contributed by atoms with E-state index in [-0.39, 0.29) is 11.3 Å². The summed E-state index contributed by atoms with van der Waals surface area (Å²) in [5.74, 6) is -0.179. The van der Waals surface area contributed by atoms with E-state index in [2.05, 4.69) is 26.1 Å². The number of esters is 1. The van der Waals surface area contributed by atoms with Gasteiger partial charge in [0.05, 0.1) is 18.4 Å². The van der Waals surface area contributed by atoms with Gasteiger partial charge < -0.3 is 14.8 Å². The molecule has 1 unspecified atom stereocenters. The first-order valence-corrected chi connectivity index (χ1v) is 8.48. The maximum absolute atomic E-state index is 12.6. The van der Waals surface area contributed by atoms with E-state index in [1.807, 2.05) is 24.3 Å². The summed E-state index contributed by atoms with van der Waals surface area (Å²) in [4.78, 5) is 24.4. The highest BCUT2D eigenvalue weighted by Crippen LogP contribution is 2.31. The average molecular weight is 355 g/mol. The molecule has 0 saturated heterocycles. The Balaban J connectivity index is 2.17. The SMILES string of the molecule is COC(=O)c1ccccc1NC(=O)C(C)Oc1ccccc1C(C)(C)C. The zero-order valence-corrected chi connectivity index (χ0v) is 15.8. The maximum atomic E-state index is 12.6. The van der Waals surface area contributed by atoms with Crippen molar-refractivity contribution >= 4 is 17.6 Å². The molecule has 0 heterocycles. The Morgan fingerprint density at radius 2 is 1.62 bits per heavy atom. The van der Waals surface area contributed by atoms with E-state index in [0.29, 0.717) is 17.0 Å². The molecule has 0 aliphatic rings. The van der Waals surface area contributed by atoms with Gasteiger partial charge in [0, 0.05) is 0 Å². The minimum Gasteiger partial charge on any atom is -0.481 e. The van der Waals surface area contributed by atoms with Gasteiger partial charge in [0.25, 0.3) is 5.91 Å². The molecule has 0 spiro atoms. The highest BCUT2D eigenvalue weighted by Gasteiger charge is 2.23. The summed E-state index contributed by atoms with van der Waals surface area (Å²) in [6, 6.07) is 14.4. The van der Waals surface area contributed by atoms with E-state index >= 15 is 0 Å². The summed E-state index contributed by atoms with van der Waals surface area (Å²) in [5, 5.41) is 2.74. The van der Waals surface area contributed by atoms with Gasteiger partial charge in [0.15, 0.2) is 6.10 Å². The molecule has 2 rings (SSSR count). The van der Waals surface area contributed by atoms with Crippen molar-refractivity contribution in [3.8, 4) is 5.75 Å². The Kier molecular flexibility index (Phi) is 6.03. The van der Waals surface area contributed by atoms with Crippen molar-refractivity contribution in [2.45, 2.75) is 39.2 Å². The van der Waals surface area contributed by atoms with Crippen molar-refractivity contribution in [3.05, 3.63) is 59.7 Å². The summed E-state index contributed by atoms with van der Waals surface area (Å²) < 4.78 is 10.7. The number of carbonyl (C=O) groups is 2. The molecule has 1 N–H and O–H groups in total. The normalized spacial score (nSPS) is 12.2. The first kappa shape index (κ1) is 19.5. The number of benzene rings is 2. The summed E-state index contributed by atoms with van der Waals surface area (Å²) in [6.45, 7) is 7.95. The predicted molar refractivity (Wildman–Crippen MR) is 102 cm³/mol. The molecule has 1 atom stereocenters. The minimum atomic E-state index is -0.732. The van der Waals surface area contributed by atoms with E-state index in [0.717, 1.165) is 5.56 Å². The van der Waals surface area contributed by atoms with Gasteiger partial charge in [-0.25, -0.2) is 4.79 Å². The zero-order chi connectivity index (χ0) is 19.3. The van der Waals surface area contributed by atoms with Crippen LogP contribution in [0, 0.1) is 0 Å². The number of carbonyl (C=O) groups excluding carboxylic acids is 2. The Morgan fingerprint density at radius 3 is 2.27 bits per heavy atom. The van der Waals surface area contributed by atoms with Gasteiger partial charge in [-0.2, -0.15) is 0 Å². The van der Waals surface area contributed by atoms with E-state index in [1.54, 1.807) is 31.2 Å². The second-order valence-corrected chi connectivity index (χ2v) is 7.03. The molecule has 0 aliphatic carbocycles. The largest absolute Gasteiger partial charge is 0.481 e. The lowest BCUT2D eigenvalue weighted by atomic mass is 9.86. The van der Waals surface area contributed by atoms with Crippen molar-refractivity contribution in [1.29, 1.82) is 0 Å². The van der Waals surface area contributed by atoms with Crippen LogP contribution >= 0.6 is 0 Å². The van der Waals surface area contributed by atoms with Gasteiger partial charge in [0.1, 0.15) is 5.75 Å². The summed E-state index contributed by atoms with van der Waals surface area (Å²) >= 11 is 0. The van der Waals surface area contributed by atoms with E-state index in [9.17, 15) is 9.59 Å². The number of anilines is 1. The number of amides is 1. The van der Waals surface area contributed by atoms with Crippen LogP contribution in [0.4, 0.5) is 5.69 Å². The fourth-order valence-electron chi connectivity index (χ4n) is 2.55. The lowest BCUT2D eigenvalue weighted by molar-refractivity contribution is -0.122. The van der Waals surface area contributed by atoms with E-state index < -0.39 is 12.1 Å². The maximum Gasteiger partial charge on any atom is 0.339 e. The van der Waals surface area contributed by atoms with Crippen LogP contribution < -0.4 is 10.1 Å². The molecule has 0 radical (unpaired) electrons. The third-order valence-corrected chi connectivity index (χ3v) is 3.96. The van der Waals surface area contributed by atoms with Crippen LogP contribution in [0.1, 0.15) is 43.6 Å². The van der Waals surface area contributed by atoms with Gasteiger partial charge in [-0.05, 0) is 36.1 Å². The standard InChI is InChI=1S/C21H25NO4/c1-14(26-18-13-9-7-11-16(18)21(2,3)4)19(23)22-17-12-8-6-10-15(17)20(24)25-5/h6-14H,1-5H3,(H,22,23). The third kappa shape index (κ3) is 4.63. The fourth-order valence-corrected chi connectivity index (χ4v) is 2.55. The van der Waals surface area contributed by atoms with Crippen molar-refractivity contribution in [2.75, 3.05) is 12.4 Å². The molecular formula is C21H25NO4. The van der Waals surface area contributed by atoms with Crippen LogP contribution in [0.15, 0.2) is 48.5 Å². The Morgan fingerprint density at radius 1 is 1.00 bits per heavy atom. The molecule has 0 saturated carbocycles. The number of ether oxygens (including phenoxy) is 2. The number of nitrogens with one attached hydrogen (secondary N) is 1. The monoisotopic (exact) mass is 355 g/mol. The molecule has 2 aromatic rings. The van der Waals surface area contributed by atoms with Crippen LogP contribution in [0.25, 0.3) is 0 Å². The summed E-state index contributed by atoms with van der Waals surface area (Å²) in [7, 11) is 1.30. The Labute approximate surface area is 154 Å². The number of hydrogen-bond acceptors (Lipinski definition) is 4. The Hall–Kier alpha value is -2.82. The van der Waals surface area contributed by atoms with E-state index in [1.165, 1.54) is 7.11 Å². The smallest absolute Gasteiger partial charge is 0.339 e. The Bertz CT molecular complexity index is 793. The number of hydrogen-bond donors (Lipinski definition) is 1. The minimum absolute atomic E-state index is 0.107. The van der Waals surface area contributed by atoms with Crippen molar-refractivity contribution in [2.24, 2.45) is 0 Å². The first-order valence-electron chi connectivity index (χ1n) is 8.48. The molecular weight excluding hydrogens is 330 g/mol. The van der Waals surface area contributed by atoms with Gasteiger partial charge in [-0.3, -0.25) is 4.79 Å². The second kappa shape index (κ2) is 8.04. The first-order chi connectivity index (χ1) is 12.2. The predicted octanol–water partition coefficient (Wildman–Crippen LogP) is 4.18. The molecule has 2 aromatic carbocycles. The van der Waals surface area contributed by atoms with Gasteiger partial charge >= 0.3 is 5.97 Å². The highest BCUT2D eigenvalue weighted by molar-refractivity contribution is 6.02. The summed E-state index contributed by atoms with van der Waals surface area (Å²) in [6.07, 6.45) is -0.732. The fraction of sp³-hybridized carbons (Fsp3) is 0.333. The summed E-state index contributed by atoms with van der Waals surface area (Å²) in [5.41, 5.74) is 1.61. The third-order valence-electron chi connectivity index (χ3n) is 3.96. The topological polar surface area (TPSA) is 64.6 Å². The molecule has 1 amide bonds. The number of rotatable bonds is 5. The van der Waals surface area contributed by atoms with Crippen molar-refractivity contribution in [3.63, 3.8) is 0 Å². The van der Waals surface area contributed by atoms with Crippen LogP contribution in [-0.2, 0) is 14.9 Å². The van der Waals surface area contributed by atoms with Crippen molar-refractivity contribution < 1.29 is 19.1 Å². The molecule has 0 aliphatic heterocycles. The molecule has 0 fully saturated rings. The highest BCUT2D eigenvalue weighted by atomic mass is 16.5. The average Bonchev–Trinajstić information content (AvgIpc) is 2.61. The molecule has 5 nitrogen and oxygen atoms in total. The molecule has 138 valence electrons. The molecule has 0 bridgehead atoms. The van der Waals surface area contributed by atoms with Gasteiger partial charge in [-0.15, -0.1) is 0 Å². The molecule has 26 heavy (non-hydrogen) atoms. The number of para-hydroxylation sites is 2. The lowest BCUT2D eigenvalue weighted by Crippen LogP contribution is -2.31. The molecule has 5 heteroatoms. The van der Waals surface area contributed by atoms with E-state index in [4.69, 9.17) is 9.47 Å². The second-order valence-electron chi connectivity index (χ2n) is 7.03. The van der Waals surface area contributed by atoms with Crippen LogP contribution in [0.5, 0.6) is 5.75 Å². The van der Waals surface area contributed by atoms with Crippen LogP contribution in [0.3, 0.4) is 0 Å². The van der Waals surface area contributed by atoms with Gasteiger partial charge in [0.2, 0.25) is 0 Å². The number of methoxy groups -OCH3 is 1. The van der Waals surface area contributed by atoms with Crippen LogP contribution in [-0.4, -0.2) is 25.1 Å². The lowest BCUT2D eigenvalue weighted by Gasteiger charge is -2.24.